The predicted molar refractivity (Wildman–Crippen MR) is 74.0 cm³/mol. The van der Waals surface area contributed by atoms with Gasteiger partial charge < -0.3 is 0 Å². The Morgan fingerprint density at radius 3 is 2.41 bits per heavy atom. The van der Waals surface area contributed by atoms with Gasteiger partial charge in [0.25, 0.3) is 0 Å². The average molecular weight is 234 g/mol. The first-order chi connectivity index (χ1) is 8.38. The fourth-order valence-corrected chi connectivity index (χ4v) is 2.20. The second-order valence-electron chi connectivity index (χ2n) is 4.90. The Morgan fingerprint density at radius 1 is 0.882 bits per heavy atom. The molecule has 0 radical (unpaired) electrons. The molecule has 1 heteroatoms. The highest BCUT2D eigenvalue weighted by atomic mass is 14.9. The Hall–Kier alpha value is -0.850. The Morgan fingerprint density at radius 2 is 1.65 bits per heavy atom. The molecule has 0 aliphatic rings. The van der Waals surface area contributed by atoms with Crippen LogP contribution >= 0.6 is 0 Å². The molecule has 0 amide bonds. The first kappa shape index (κ1) is 14.2. The van der Waals surface area contributed by atoms with Gasteiger partial charge in [0.15, 0.2) is 11.9 Å². The molecule has 0 atom stereocenters. The van der Waals surface area contributed by atoms with Crippen molar-refractivity contribution in [1.82, 2.24) is 0 Å². The van der Waals surface area contributed by atoms with Gasteiger partial charge in [0.05, 0.1) is 0 Å². The van der Waals surface area contributed by atoms with Crippen LogP contribution in [0.25, 0.3) is 0 Å². The summed E-state index contributed by atoms with van der Waals surface area (Å²) in [6.45, 7) is 5.73. The summed E-state index contributed by atoms with van der Waals surface area (Å²) >= 11 is 0. The highest BCUT2D eigenvalue weighted by Crippen LogP contribution is 2.04. The molecule has 0 aromatic carbocycles. The summed E-state index contributed by atoms with van der Waals surface area (Å²) in [5.74, 6) is 0. The monoisotopic (exact) mass is 234 g/mol. The highest BCUT2D eigenvalue weighted by Gasteiger charge is 2.07. The van der Waals surface area contributed by atoms with Crippen molar-refractivity contribution >= 4 is 0 Å². The maximum Gasteiger partial charge on any atom is 0.181 e. The Bertz CT molecular complexity index is 293. The minimum Gasteiger partial charge on any atom is -0.202 e. The maximum atomic E-state index is 2.45. The van der Waals surface area contributed by atoms with E-state index in [-0.39, 0.29) is 0 Å². The van der Waals surface area contributed by atoms with Crippen LogP contribution in [-0.4, -0.2) is 0 Å². The minimum absolute atomic E-state index is 1.20. The molecule has 0 spiro atoms. The maximum absolute atomic E-state index is 2.45. The number of hydrogen-bond acceptors (Lipinski definition) is 0. The van der Waals surface area contributed by atoms with E-state index in [1.54, 1.807) is 0 Å². The number of aromatic nitrogens is 1. The molecule has 1 aromatic rings. The van der Waals surface area contributed by atoms with E-state index in [0.717, 1.165) is 0 Å². The number of aryl methyl sites for hydroxylation is 2. The van der Waals surface area contributed by atoms with Gasteiger partial charge >= 0.3 is 0 Å². The van der Waals surface area contributed by atoms with Gasteiger partial charge in [-0.15, -0.1) is 0 Å². The van der Waals surface area contributed by atoms with Crippen LogP contribution in [0.1, 0.15) is 64.5 Å². The largest absolute Gasteiger partial charge is 0.202 e. The van der Waals surface area contributed by atoms with E-state index >= 15 is 0 Å². The van der Waals surface area contributed by atoms with Crippen LogP contribution in [0.2, 0.25) is 0 Å². The zero-order valence-corrected chi connectivity index (χ0v) is 11.6. The van der Waals surface area contributed by atoms with E-state index in [4.69, 9.17) is 0 Å². The van der Waals surface area contributed by atoms with E-state index in [1.165, 1.54) is 63.6 Å². The van der Waals surface area contributed by atoms with Gasteiger partial charge in [0, 0.05) is 25.0 Å². The molecule has 0 aliphatic carbocycles. The molecule has 0 aliphatic heterocycles. The van der Waals surface area contributed by atoms with E-state index < -0.39 is 0 Å². The molecule has 17 heavy (non-hydrogen) atoms. The van der Waals surface area contributed by atoms with Crippen molar-refractivity contribution in [2.24, 2.45) is 0 Å². The molecular weight excluding hydrogens is 206 g/mol. The quantitative estimate of drug-likeness (QED) is 0.443. The van der Waals surface area contributed by atoms with Gasteiger partial charge in [-0.3, -0.25) is 0 Å². The number of pyridine rings is 1. The van der Waals surface area contributed by atoms with E-state index in [9.17, 15) is 0 Å². The summed E-state index contributed by atoms with van der Waals surface area (Å²) in [5, 5.41) is 0. The van der Waals surface area contributed by atoms with Crippen LogP contribution in [0.4, 0.5) is 0 Å². The van der Waals surface area contributed by atoms with Gasteiger partial charge in [-0.1, -0.05) is 45.6 Å². The summed E-state index contributed by atoms with van der Waals surface area (Å²) in [7, 11) is 0. The third kappa shape index (κ3) is 5.86. The van der Waals surface area contributed by atoms with Gasteiger partial charge in [-0.2, -0.15) is 0 Å². The molecule has 1 nitrogen and oxygen atoms in total. The van der Waals surface area contributed by atoms with Crippen LogP contribution in [0.3, 0.4) is 0 Å². The third-order valence-corrected chi connectivity index (χ3v) is 3.32. The lowest BCUT2D eigenvalue weighted by atomic mass is 10.1. The molecule has 0 bridgehead atoms. The van der Waals surface area contributed by atoms with Gasteiger partial charge in [-0.05, 0) is 12.8 Å². The molecule has 96 valence electrons. The zero-order valence-electron chi connectivity index (χ0n) is 11.6. The number of hydrogen-bond donors (Lipinski definition) is 0. The molecule has 0 fully saturated rings. The second kappa shape index (κ2) is 9.21. The van der Waals surface area contributed by atoms with Crippen molar-refractivity contribution in [2.45, 2.75) is 71.8 Å². The number of rotatable bonds is 9. The summed E-state index contributed by atoms with van der Waals surface area (Å²) < 4.78 is 2.45. The van der Waals surface area contributed by atoms with Gasteiger partial charge in [-0.25, -0.2) is 4.57 Å². The molecule has 0 unspecified atom stereocenters. The van der Waals surface area contributed by atoms with E-state index in [1.807, 2.05) is 0 Å². The van der Waals surface area contributed by atoms with Crippen LogP contribution in [0, 0.1) is 0 Å². The van der Waals surface area contributed by atoms with E-state index in [0.29, 0.717) is 0 Å². The first-order valence-corrected chi connectivity index (χ1v) is 7.35. The second-order valence-corrected chi connectivity index (χ2v) is 4.90. The number of nitrogens with zero attached hydrogens (tertiary/aromatic N) is 1. The highest BCUT2D eigenvalue weighted by molar-refractivity contribution is 4.97. The topological polar surface area (TPSA) is 3.88 Å². The lowest BCUT2D eigenvalue weighted by Gasteiger charge is -2.03. The summed E-state index contributed by atoms with van der Waals surface area (Å²) in [4.78, 5) is 0. The lowest BCUT2D eigenvalue weighted by Crippen LogP contribution is -2.37. The van der Waals surface area contributed by atoms with Gasteiger partial charge in [0.1, 0.15) is 6.54 Å². The average Bonchev–Trinajstić information content (AvgIpc) is 2.37. The Kier molecular flexibility index (Phi) is 7.70. The fourth-order valence-electron chi connectivity index (χ4n) is 2.20. The van der Waals surface area contributed by atoms with Crippen molar-refractivity contribution in [3.63, 3.8) is 0 Å². The van der Waals surface area contributed by atoms with Crippen molar-refractivity contribution in [2.75, 3.05) is 0 Å². The van der Waals surface area contributed by atoms with Crippen molar-refractivity contribution in [1.29, 1.82) is 0 Å². The Labute approximate surface area is 107 Å². The molecule has 0 N–H and O–H groups in total. The first-order valence-electron chi connectivity index (χ1n) is 7.35. The van der Waals surface area contributed by atoms with Crippen LogP contribution in [0.15, 0.2) is 24.4 Å². The van der Waals surface area contributed by atoms with Crippen molar-refractivity contribution < 1.29 is 4.57 Å². The van der Waals surface area contributed by atoms with Crippen LogP contribution in [0.5, 0.6) is 0 Å². The van der Waals surface area contributed by atoms with E-state index in [2.05, 4.69) is 42.8 Å². The summed E-state index contributed by atoms with van der Waals surface area (Å²) in [5.41, 5.74) is 1.50. The van der Waals surface area contributed by atoms with Crippen LogP contribution < -0.4 is 4.57 Å². The predicted octanol–water partition coefficient (Wildman–Crippen LogP) is 4.29. The van der Waals surface area contributed by atoms with Crippen molar-refractivity contribution in [3.8, 4) is 0 Å². The summed E-state index contributed by atoms with van der Waals surface area (Å²) in [6, 6.07) is 6.60. The standard InChI is InChI=1S/C16H28N/c1-3-5-7-8-10-14-17-15-11-9-13-16(17)12-6-4-2/h9,11,13,15H,3-8,10,12,14H2,1-2H3/q+1. The number of unbranched alkanes of at least 4 members (excludes halogenated alkanes) is 5. The normalized spacial score (nSPS) is 10.7. The minimum atomic E-state index is 1.20. The van der Waals surface area contributed by atoms with Crippen LogP contribution in [-0.2, 0) is 13.0 Å². The molecule has 0 saturated carbocycles. The molecule has 0 saturated heterocycles. The molecule has 1 heterocycles. The third-order valence-electron chi connectivity index (χ3n) is 3.32. The molecule has 1 rings (SSSR count). The SMILES string of the molecule is CCCCCCC[n+]1ccccc1CCCC. The lowest BCUT2D eigenvalue weighted by molar-refractivity contribution is -0.704. The van der Waals surface area contributed by atoms with Crippen molar-refractivity contribution in [3.05, 3.63) is 30.1 Å². The zero-order chi connectivity index (χ0) is 12.3. The Balaban J connectivity index is 2.35. The smallest absolute Gasteiger partial charge is 0.181 e. The fraction of sp³-hybridized carbons (Fsp3) is 0.688. The summed E-state index contributed by atoms with van der Waals surface area (Å²) in [6.07, 6.45) is 12.9. The molecular formula is C16H28N+. The van der Waals surface area contributed by atoms with Gasteiger partial charge in [0.2, 0.25) is 0 Å². The molecule has 1 aromatic heterocycles.